The first kappa shape index (κ1) is 17.6. The Kier molecular flexibility index (Phi) is 6.99. The number of nitro benzene ring substituents is 1. The molecular weight excluding hydrogens is 312 g/mol. The smallest absolute Gasteiger partial charge is 0.315 e. The molecule has 1 rings (SSSR count). The zero-order chi connectivity index (χ0) is 16.5. The number of hydrazone groups is 1. The number of thiocarbonyl (C=S) groups is 1. The van der Waals surface area contributed by atoms with E-state index in [0.717, 1.165) is 0 Å². The Hall–Kier alpha value is -2.46. The highest BCUT2D eigenvalue weighted by atomic mass is 32.1. The fourth-order valence-corrected chi connectivity index (χ4v) is 1.61. The summed E-state index contributed by atoms with van der Waals surface area (Å²) in [6.45, 7) is 1.02. The second-order valence-corrected chi connectivity index (χ2v) is 4.37. The van der Waals surface area contributed by atoms with Gasteiger partial charge in [0.25, 0.3) is 0 Å². The summed E-state index contributed by atoms with van der Waals surface area (Å²) in [7, 11) is 2.87. The lowest BCUT2D eigenvalue weighted by atomic mass is 10.2. The lowest BCUT2D eigenvalue weighted by molar-refractivity contribution is -0.386. The van der Waals surface area contributed by atoms with Crippen molar-refractivity contribution in [2.24, 2.45) is 5.10 Å². The number of hydrogen-bond acceptors (Lipinski definition) is 7. The monoisotopic (exact) mass is 328 g/mol. The molecule has 0 spiro atoms. The summed E-state index contributed by atoms with van der Waals surface area (Å²) in [4.78, 5) is 10.1. The number of phenols is 1. The first-order chi connectivity index (χ1) is 10.5. The minimum Gasteiger partial charge on any atom is -0.500 e. The lowest BCUT2D eigenvalue weighted by Crippen LogP contribution is -2.34. The molecule has 0 radical (unpaired) electrons. The summed E-state index contributed by atoms with van der Waals surface area (Å²) < 4.78 is 9.73. The van der Waals surface area contributed by atoms with Gasteiger partial charge in [-0.15, -0.1) is 0 Å². The summed E-state index contributed by atoms with van der Waals surface area (Å²) in [6.07, 6.45) is 1.32. The summed E-state index contributed by atoms with van der Waals surface area (Å²) in [5.74, 6) is -0.550. The van der Waals surface area contributed by atoms with Gasteiger partial charge in [0.1, 0.15) is 0 Å². The largest absolute Gasteiger partial charge is 0.500 e. The van der Waals surface area contributed by atoms with E-state index in [1.165, 1.54) is 25.5 Å². The predicted octanol–water partition coefficient (Wildman–Crippen LogP) is 0.753. The molecule has 3 N–H and O–H groups in total. The van der Waals surface area contributed by atoms with Gasteiger partial charge in [-0.3, -0.25) is 15.5 Å². The molecule has 0 bridgehead atoms. The van der Waals surface area contributed by atoms with Crippen molar-refractivity contribution in [2.45, 2.75) is 0 Å². The SMILES string of the molecule is COCCNC(=S)N/N=C/c1cc(OC)c(O)c([N+](=O)[O-])c1. The van der Waals surface area contributed by atoms with Crippen LogP contribution in [0.1, 0.15) is 5.56 Å². The maximum absolute atomic E-state index is 10.9. The van der Waals surface area contributed by atoms with Crippen LogP contribution in [0.4, 0.5) is 5.69 Å². The molecule has 0 saturated carbocycles. The summed E-state index contributed by atoms with van der Waals surface area (Å²) in [5, 5.41) is 27.5. The Labute approximate surface area is 132 Å². The van der Waals surface area contributed by atoms with Crippen molar-refractivity contribution in [3.63, 3.8) is 0 Å². The zero-order valence-corrected chi connectivity index (χ0v) is 12.8. The molecule has 0 amide bonds. The molecule has 0 aromatic heterocycles. The Morgan fingerprint density at radius 3 is 2.86 bits per heavy atom. The van der Waals surface area contributed by atoms with Gasteiger partial charge in [-0.25, -0.2) is 0 Å². The minimum absolute atomic E-state index is 0.0172. The lowest BCUT2D eigenvalue weighted by Gasteiger charge is -2.06. The normalized spacial score (nSPS) is 10.5. The van der Waals surface area contributed by atoms with Crippen LogP contribution in [0, 0.1) is 10.1 Å². The van der Waals surface area contributed by atoms with Crippen molar-refractivity contribution in [1.82, 2.24) is 10.7 Å². The number of ether oxygens (including phenoxy) is 2. The van der Waals surface area contributed by atoms with E-state index in [1.54, 1.807) is 7.11 Å². The molecule has 0 aliphatic heterocycles. The fourth-order valence-electron chi connectivity index (χ4n) is 1.45. The number of phenolic OH excluding ortho intramolecular Hbond substituents is 1. The standard InChI is InChI=1S/C12H16N4O5S/c1-20-4-3-13-12(22)15-14-7-8-5-9(16(18)19)11(17)10(6-8)21-2/h5-7,17H,3-4H2,1-2H3,(H2,13,15,22)/b14-7+. The molecule has 1 aromatic rings. The number of nitrogens with one attached hydrogen (secondary N) is 2. The van der Waals surface area contributed by atoms with Crippen LogP contribution >= 0.6 is 12.2 Å². The third-order valence-corrected chi connectivity index (χ3v) is 2.70. The van der Waals surface area contributed by atoms with Gasteiger partial charge < -0.3 is 19.9 Å². The Morgan fingerprint density at radius 2 is 2.27 bits per heavy atom. The van der Waals surface area contributed by atoms with Gasteiger partial charge in [0.15, 0.2) is 10.9 Å². The van der Waals surface area contributed by atoms with Crippen LogP contribution in [0.5, 0.6) is 11.5 Å². The van der Waals surface area contributed by atoms with Crippen molar-refractivity contribution >= 4 is 29.2 Å². The van der Waals surface area contributed by atoms with Crippen molar-refractivity contribution in [1.29, 1.82) is 0 Å². The van der Waals surface area contributed by atoms with Crippen LogP contribution < -0.4 is 15.5 Å². The third-order valence-electron chi connectivity index (χ3n) is 2.47. The predicted molar refractivity (Wildman–Crippen MR) is 84.5 cm³/mol. The average molecular weight is 328 g/mol. The van der Waals surface area contributed by atoms with Crippen LogP contribution in [0.2, 0.25) is 0 Å². The van der Waals surface area contributed by atoms with Crippen LogP contribution in [0.3, 0.4) is 0 Å². The number of benzene rings is 1. The molecule has 0 fully saturated rings. The number of nitrogens with zero attached hydrogens (tertiary/aromatic N) is 2. The van der Waals surface area contributed by atoms with Gasteiger partial charge in [0.05, 0.1) is 24.9 Å². The first-order valence-electron chi connectivity index (χ1n) is 6.10. The number of hydrogen-bond donors (Lipinski definition) is 3. The van der Waals surface area contributed by atoms with Gasteiger partial charge in [0, 0.05) is 25.3 Å². The Balaban J connectivity index is 2.76. The molecule has 22 heavy (non-hydrogen) atoms. The summed E-state index contributed by atoms with van der Waals surface area (Å²) in [6, 6.07) is 2.58. The van der Waals surface area contributed by atoms with E-state index in [2.05, 4.69) is 15.8 Å². The van der Waals surface area contributed by atoms with E-state index in [9.17, 15) is 15.2 Å². The first-order valence-corrected chi connectivity index (χ1v) is 6.51. The van der Waals surface area contributed by atoms with E-state index < -0.39 is 16.4 Å². The topological polar surface area (TPSA) is 118 Å². The highest BCUT2D eigenvalue weighted by Crippen LogP contribution is 2.36. The van der Waals surface area contributed by atoms with E-state index >= 15 is 0 Å². The van der Waals surface area contributed by atoms with E-state index in [-0.39, 0.29) is 10.9 Å². The fraction of sp³-hybridized carbons (Fsp3) is 0.333. The highest BCUT2D eigenvalue weighted by molar-refractivity contribution is 7.80. The number of aromatic hydroxyl groups is 1. The van der Waals surface area contributed by atoms with Crippen LogP contribution in [0.15, 0.2) is 17.2 Å². The molecule has 10 heteroatoms. The second kappa shape index (κ2) is 8.74. The van der Waals surface area contributed by atoms with Crippen LogP contribution in [-0.2, 0) is 4.74 Å². The molecule has 0 heterocycles. The summed E-state index contributed by atoms with van der Waals surface area (Å²) >= 11 is 4.96. The Morgan fingerprint density at radius 1 is 1.55 bits per heavy atom. The molecule has 120 valence electrons. The van der Waals surface area contributed by atoms with E-state index in [4.69, 9.17) is 21.7 Å². The van der Waals surface area contributed by atoms with Crippen LogP contribution in [0.25, 0.3) is 0 Å². The van der Waals surface area contributed by atoms with Crippen molar-refractivity contribution in [2.75, 3.05) is 27.4 Å². The number of nitro groups is 1. The maximum Gasteiger partial charge on any atom is 0.315 e. The third kappa shape index (κ3) is 5.14. The molecule has 0 aliphatic carbocycles. The molecule has 0 unspecified atom stereocenters. The quantitative estimate of drug-likeness (QED) is 0.221. The zero-order valence-electron chi connectivity index (χ0n) is 12.0. The molecule has 1 aromatic carbocycles. The van der Waals surface area contributed by atoms with E-state index in [1.807, 2.05) is 0 Å². The van der Waals surface area contributed by atoms with Gasteiger partial charge in [-0.05, 0) is 18.3 Å². The molecular formula is C12H16N4O5S. The van der Waals surface area contributed by atoms with Crippen molar-refractivity contribution < 1.29 is 19.5 Å². The number of rotatable bonds is 7. The molecule has 0 atom stereocenters. The van der Waals surface area contributed by atoms with Gasteiger partial charge in [-0.1, -0.05) is 0 Å². The molecule has 0 aliphatic rings. The van der Waals surface area contributed by atoms with Gasteiger partial charge in [-0.2, -0.15) is 5.10 Å². The maximum atomic E-state index is 10.9. The molecule has 9 nitrogen and oxygen atoms in total. The Bertz CT molecular complexity index is 579. The molecule has 0 saturated heterocycles. The van der Waals surface area contributed by atoms with Gasteiger partial charge >= 0.3 is 5.69 Å². The summed E-state index contributed by atoms with van der Waals surface area (Å²) in [5.41, 5.74) is 2.45. The second-order valence-electron chi connectivity index (χ2n) is 3.97. The average Bonchev–Trinajstić information content (AvgIpc) is 2.48. The van der Waals surface area contributed by atoms with Crippen LogP contribution in [-0.4, -0.2) is 48.7 Å². The minimum atomic E-state index is -0.709. The highest BCUT2D eigenvalue weighted by Gasteiger charge is 2.19. The van der Waals surface area contributed by atoms with Crippen molar-refractivity contribution in [3.8, 4) is 11.5 Å². The van der Waals surface area contributed by atoms with Crippen molar-refractivity contribution in [3.05, 3.63) is 27.8 Å². The van der Waals surface area contributed by atoms with E-state index in [0.29, 0.717) is 18.7 Å². The van der Waals surface area contributed by atoms with Gasteiger partial charge in [0.2, 0.25) is 5.75 Å². The number of methoxy groups -OCH3 is 2.